The van der Waals surface area contributed by atoms with Crippen LogP contribution in [0.3, 0.4) is 0 Å². The second-order valence-electron chi connectivity index (χ2n) is 5.19. The second-order valence-corrected chi connectivity index (χ2v) is 5.19. The molecule has 0 aromatic rings. The number of hydrogen-bond acceptors (Lipinski definition) is 2. The Labute approximate surface area is 91.8 Å². The summed E-state index contributed by atoms with van der Waals surface area (Å²) < 4.78 is 5.33. The van der Waals surface area contributed by atoms with E-state index in [9.17, 15) is 4.79 Å². The van der Waals surface area contributed by atoms with Gasteiger partial charge in [0.1, 0.15) is 5.60 Å². The fourth-order valence-corrected chi connectivity index (χ4v) is 2.35. The lowest BCUT2D eigenvalue weighted by Gasteiger charge is -2.36. The molecule has 1 saturated heterocycles. The van der Waals surface area contributed by atoms with Crippen molar-refractivity contribution in [3.05, 3.63) is 0 Å². The first-order chi connectivity index (χ1) is 7.09. The zero-order valence-corrected chi connectivity index (χ0v) is 9.95. The smallest absolute Gasteiger partial charge is 0.254 e. The number of methoxy groups -OCH3 is 1. The van der Waals surface area contributed by atoms with E-state index in [1.807, 2.05) is 4.90 Å². The minimum absolute atomic E-state index is 0.226. The highest BCUT2D eigenvalue weighted by molar-refractivity contribution is 5.88. The maximum absolute atomic E-state index is 12.2. The summed E-state index contributed by atoms with van der Waals surface area (Å²) in [6.07, 6.45) is 2.94. The average molecular weight is 211 g/mol. The van der Waals surface area contributed by atoms with Crippen LogP contribution in [0.2, 0.25) is 0 Å². The molecule has 0 spiro atoms. The van der Waals surface area contributed by atoms with Crippen LogP contribution in [0.4, 0.5) is 0 Å². The van der Waals surface area contributed by atoms with Gasteiger partial charge in [0, 0.05) is 20.2 Å². The molecular formula is C12H21NO2. The van der Waals surface area contributed by atoms with Crippen LogP contribution in [0, 0.1) is 11.8 Å². The van der Waals surface area contributed by atoms with Crippen molar-refractivity contribution in [3.63, 3.8) is 0 Å². The first-order valence-electron chi connectivity index (χ1n) is 5.93. The molecule has 1 heterocycles. The molecule has 0 bridgehead atoms. The third kappa shape index (κ3) is 1.89. The van der Waals surface area contributed by atoms with Crippen molar-refractivity contribution in [1.82, 2.24) is 4.90 Å². The molecule has 0 radical (unpaired) electrons. The monoisotopic (exact) mass is 211 g/mol. The Morgan fingerprint density at radius 2 is 2.00 bits per heavy atom. The minimum Gasteiger partial charge on any atom is -0.368 e. The number of ether oxygens (including phenoxy) is 1. The predicted molar refractivity (Wildman–Crippen MR) is 58.5 cm³/mol. The van der Waals surface area contributed by atoms with Crippen molar-refractivity contribution in [1.29, 1.82) is 0 Å². The van der Waals surface area contributed by atoms with Crippen molar-refractivity contribution in [2.24, 2.45) is 11.8 Å². The molecule has 86 valence electrons. The Balaban J connectivity index is 1.97. The lowest BCUT2D eigenvalue weighted by atomic mass is 9.88. The summed E-state index contributed by atoms with van der Waals surface area (Å²) >= 11 is 0. The first kappa shape index (κ1) is 10.9. The van der Waals surface area contributed by atoms with E-state index in [0.29, 0.717) is 5.92 Å². The lowest BCUT2D eigenvalue weighted by Crippen LogP contribution is -2.48. The van der Waals surface area contributed by atoms with Gasteiger partial charge < -0.3 is 9.64 Å². The van der Waals surface area contributed by atoms with Crippen LogP contribution in [0.5, 0.6) is 0 Å². The summed E-state index contributed by atoms with van der Waals surface area (Å²) in [5.41, 5.74) is -0.430. The van der Waals surface area contributed by atoms with Gasteiger partial charge in [0.25, 0.3) is 5.91 Å². The quantitative estimate of drug-likeness (QED) is 0.695. The third-order valence-electron chi connectivity index (χ3n) is 4.11. The Morgan fingerprint density at radius 1 is 1.33 bits per heavy atom. The van der Waals surface area contributed by atoms with Gasteiger partial charge in [0.05, 0.1) is 0 Å². The zero-order valence-electron chi connectivity index (χ0n) is 9.95. The number of amides is 1. The van der Waals surface area contributed by atoms with Gasteiger partial charge in [-0.05, 0) is 31.1 Å². The van der Waals surface area contributed by atoms with E-state index >= 15 is 0 Å². The van der Waals surface area contributed by atoms with E-state index in [0.717, 1.165) is 38.3 Å². The molecule has 2 fully saturated rings. The van der Waals surface area contributed by atoms with Gasteiger partial charge in [-0.2, -0.15) is 0 Å². The second kappa shape index (κ2) is 3.78. The van der Waals surface area contributed by atoms with Gasteiger partial charge in [-0.3, -0.25) is 4.79 Å². The van der Waals surface area contributed by atoms with Crippen LogP contribution in [-0.2, 0) is 9.53 Å². The molecule has 1 aliphatic heterocycles. The minimum atomic E-state index is -0.430. The first-order valence-corrected chi connectivity index (χ1v) is 5.93. The number of hydrogen-bond donors (Lipinski definition) is 0. The van der Waals surface area contributed by atoms with Gasteiger partial charge in [-0.25, -0.2) is 0 Å². The highest BCUT2D eigenvalue weighted by Gasteiger charge is 2.52. The van der Waals surface area contributed by atoms with Crippen LogP contribution >= 0.6 is 0 Å². The molecule has 1 saturated carbocycles. The molecule has 15 heavy (non-hydrogen) atoms. The van der Waals surface area contributed by atoms with E-state index in [1.165, 1.54) is 0 Å². The molecule has 0 aromatic carbocycles. The SMILES string of the molecule is COC1(C(=O)N2CC[C@H](C)[C@H](C)C2)CC1. The van der Waals surface area contributed by atoms with E-state index in [2.05, 4.69) is 13.8 Å². The number of rotatable bonds is 2. The Kier molecular flexibility index (Phi) is 2.75. The highest BCUT2D eigenvalue weighted by atomic mass is 16.5. The van der Waals surface area contributed by atoms with Crippen LogP contribution in [0.25, 0.3) is 0 Å². The van der Waals surface area contributed by atoms with E-state index < -0.39 is 5.60 Å². The van der Waals surface area contributed by atoms with Crippen molar-refractivity contribution in [2.75, 3.05) is 20.2 Å². The normalized spacial score (nSPS) is 33.9. The van der Waals surface area contributed by atoms with E-state index in [4.69, 9.17) is 4.74 Å². The van der Waals surface area contributed by atoms with Gasteiger partial charge in [-0.15, -0.1) is 0 Å². The maximum Gasteiger partial charge on any atom is 0.254 e. The maximum atomic E-state index is 12.2. The largest absolute Gasteiger partial charge is 0.368 e. The molecule has 3 nitrogen and oxygen atoms in total. The molecule has 0 unspecified atom stereocenters. The number of piperidine rings is 1. The predicted octanol–water partition coefficient (Wildman–Crippen LogP) is 1.67. The molecule has 2 aliphatic rings. The summed E-state index contributed by atoms with van der Waals surface area (Å²) in [7, 11) is 1.65. The fraction of sp³-hybridized carbons (Fsp3) is 0.917. The fourth-order valence-electron chi connectivity index (χ4n) is 2.35. The lowest BCUT2D eigenvalue weighted by molar-refractivity contribution is -0.147. The van der Waals surface area contributed by atoms with Gasteiger partial charge in [-0.1, -0.05) is 13.8 Å². The molecule has 0 aromatic heterocycles. The van der Waals surface area contributed by atoms with Gasteiger partial charge >= 0.3 is 0 Å². The molecule has 2 rings (SSSR count). The Morgan fingerprint density at radius 3 is 2.47 bits per heavy atom. The van der Waals surface area contributed by atoms with Crippen molar-refractivity contribution >= 4 is 5.91 Å². The zero-order chi connectivity index (χ0) is 11.1. The summed E-state index contributed by atoms with van der Waals surface area (Å²) in [5.74, 6) is 1.59. The van der Waals surface area contributed by atoms with Crippen LogP contribution in [-0.4, -0.2) is 36.6 Å². The standard InChI is InChI=1S/C12H21NO2/c1-9-4-7-13(8-10(9)2)11(14)12(15-3)5-6-12/h9-10H,4-8H2,1-3H3/t9-,10+/m0/s1. The van der Waals surface area contributed by atoms with Crippen LogP contribution in [0.1, 0.15) is 33.1 Å². The number of likely N-dealkylation sites (tertiary alicyclic amines) is 1. The summed E-state index contributed by atoms with van der Waals surface area (Å²) in [6, 6.07) is 0. The Hall–Kier alpha value is -0.570. The molecule has 2 atom stereocenters. The number of carbonyl (C=O) groups is 1. The van der Waals surface area contributed by atoms with Crippen LogP contribution < -0.4 is 0 Å². The molecule has 3 heteroatoms. The average Bonchev–Trinajstić information content (AvgIpc) is 3.02. The topological polar surface area (TPSA) is 29.5 Å². The highest BCUT2D eigenvalue weighted by Crippen LogP contribution is 2.41. The Bertz CT molecular complexity index is 260. The molecular weight excluding hydrogens is 190 g/mol. The summed E-state index contributed by atoms with van der Waals surface area (Å²) in [4.78, 5) is 14.2. The number of nitrogens with zero attached hydrogens (tertiary/aromatic N) is 1. The van der Waals surface area contributed by atoms with E-state index in [-0.39, 0.29) is 5.91 Å². The van der Waals surface area contributed by atoms with Crippen molar-refractivity contribution < 1.29 is 9.53 Å². The summed E-state index contributed by atoms with van der Waals surface area (Å²) in [6.45, 7) is 6.33. The van der Waals surface area contributed by atoms with Gasteiger partial charge in [0.2, 0.25) is 0 Å². The van der Waals surface area contributed by atoms with E-state index in [1.54, 1.807) is 7.11 Å². The number of carbonyl (C=O) groups excluding carboxylic acids is 1. The molecule has 0 N–H and O–H groups in total. The van der Waals surface area contributed by atoms with Crippen molar-refractivity contribution in [2.45, 2.75) is 38.7 Å². The molecule has 1 amide bonds. The van der Waals surface area contributed by atoms with Gasteiger partial charge in [0.15, 0.2) is 0 Å². The van der Waals surface area contributed by atoms with Crippen molar-refractivity contribution in [3.8, 4) is 0 Å². The summed E-state index contributed by atoms with van der Waals surface area (Å²) in [5, 5.41) is 0. The molecule has 1 aliphatic carbocycles. The van der Waals surface area contributed by atoms with Crippen LogP contribution in [0.15, 0.2) is 0 Å². The third-order valence-corrected chi connectivity index (χ3v) is 4.11.